The van der Waals surface area contributed by atoms with Crippen LogP contribution in [0, 0.1) is 0 Å². The first-order chi connectivity index (χ1) is 4.72. The molecule has 1 heterocycles. The van der Waals surface area contributed by atoms with E-state index in [4.69, 9.17) is 10.8 Å². The monoisotopic (exact) mass is 143 g/mol. The summed E-state index contributed by atoms with van der Waals surface area (Å²) in [6.07, 6.45) is -1.47. The highest BCUT2D eigenvalue weighted by atomic mass is 16.3. The van der Waals surface area contributed by atoms with Crippen molar-refractivity contribution in [3.8, 4) is 0 Å². The van der Waals surface area contributed by atoms with Crippen LogP contribution in [0.25, 0.3) is 0 Å². The maximum Gasteiger partial charge on any atom is 0.254 e. The van der Waals surface area contributed by atoms with Crippen molar-refractivity contribution in [1.82, 2.24) is 20.6 Å². The Labute approximate surface area is 55.2 Å². The summed E-state index contributed by atoms with van der Waals surface area (Å²) < 4.78 is 0. The summed E-state index contributed by atoms with van der Waals surface area (Å²) in [6, 6.07) is 0. The van der Waals surface area contributed by atoms with Gasteiger partial charge in [0.25, 0.3) is 5.91 Å². The van der Waals surface area contributed by atoms with Crippen LogP contribution in [-0.4, -0.2) is 31.6 Å². The fourth-order valence-corrected chi connectivity index (χ4v) is 0.413. The second-order valence-corrected chi connectivity index (χ2v) is 1.57. The van der Waals surface area contributed by atoms with Crippen LogP contribution < -0.4 is 5.73 Å². The molecule has 7 nitrogen and oxygen atoms in total. The second-order valence-electron chi connectivity index (χ2n) is 1.57. The zero-order valence-electron chi connectivity index (χ0n) is 4.85. The number of rotatable bonds is 2. The molecule has 1 rings (SSSR count). The maximum absolute atomic E-state index is 10.2. The second kappa shape index (κ2) is 2.40. The van der Waals surface area contributed by atoms with Gasteiger partial charge in [0.05, 0.1) is 0 Å². The topological polar surface area (TPSA) is 118 Å². The Bertz CT molecular complexity index is 219. The Kier molecular flexibility index (Phi) is 1.59. The summed E-state index contributed by atoms with van der Waals surface area (Å²) in [7, 11) is 0. The van der Waals surface area contributed by atoms with E-state index in [1.165, 1.54) is 0 Å². The third-order valence-corrected chi connectivity index (χ3v) is 0.876. The van der Waals surface area contributed by atoms with Gasteiger partial charge >= 0.3 is 0 Å². The lowest BCUT2D eigenvalue weighted by molar-refractivity contribution is -0.126. The van der Waals surface area contributed by atoms with E-state index in [1.54, 1.807) is 0 Å². The number of carbonyl (C=O) groups excluding carboxylic acids is 1. The largest absolute Gasteiger partial charge is 0.376 e. The van der Waals surface area contributed by atoms with Gasteiger partial charge in [-0.2, -0.15) is 5.21 Å². The van der Waals surface area contributed by atoms with Gasteiger partial charge in [0.2, 0.25) is 5.82 Å². The van der Waals surface area contributed by atoms with E-state index in [0.717, 1.165) is 0 Å². The third-order valence-electron chi connectivity index (χ3n) is 0.876. The molecule has 54 valence electrons. The Morgan fingerprint density at radius 3 is 2.90 bits per heavy atom. The van der Waals surface area contributed by atoms with E-state index >= 15 is 0 Å². The van der Waals surface area contributed by atoms with Gasteiger partial charge in [-0.15, -0.1) is 10.2 Å². The average molecular weight is 143 g/mol. The molecule has 0 aliphatic carbocycles. The number of nitrogens with two attached hydrogens (primary N) is 1. The lowest BCUT2D eigenvalue weighted by atomic mass is 10.3. The fourth-order valence-electron chi connectivity index (χ4n) is 0.413. The van der Waals surface area contributed by atoms with Crippen molar-refractivity contribution in [2.75, 3.05) is 0 Å². The number of aromatic nitrogens is 4. The number of carbonyl (C=O) groups is 1. The number of aliphatic hydroxyl groups is 1. The molecule has 1 atom stereocenters. The van der Waals surface area contributed by atoms with E-state index in [9.17, 15) is 4.79 Å². The number of nitrogens with zero attached hydrogens (tertiary/aromatic N) is 3. The molecule has 0 spiro atoms. The molecule has 7 heteroatoms. The number of H-pyrrole nitrogens is 1. The van der Waals surface area contributed by atoms with E-state index in [0.29, 0.717) is 0 Å². The van der Waals surface area contributed by atoms with Gasteiger partial charge < -0.3 is 10.8 Å². The van der Waals surface area contributed by atoms with Gasteiger partial charge in [-0.25, -0.2) is 0 Å². The standard InChI is InChI=1S/C3H5N5O2/c4-2(10)1(9)3-5-7-8-6-3/h1,9H,(H2,4,10)(H,5,6,7,8). The highest BCUT2D eigenvalue weighted by Crippen LogP contribution is 2.01. The van der Waals surface area contributed by atoms with Gasteiger partial charge in [0.15, 0.2) is 6.10 Å². The molecule has 1 aromatic heterocycles. The highest BCUT2D eigenvalue weighted by Gasteiger charge is 2.17. The summed E-state index contributed by atoms with van der Waals surface area (Å²) in [6.45, 7) is 0. The van der Waals surface area contributed by atoms with Crippen molar-refractivity contribution in [3.63, 3.8) is 0 Å². The number of tetrazole rings is 1. The Morgan fingerprint density at radius 2 is 2.50 bits per heavy atom. The average Bonchev–Trinajstić information content (AvgIpc) is 2.36. The Morgan fingerprint density at radius 1 is 1.80 bits per heavy atom. The SMILES string of the molecule is NC(=O)C(O)c1nn[nH]n1. The maximum atomic E-state index is 10.2. The van der Waals surface area contributed by atoms with Gasteiger partial charge in [-0.05, 0) is 0 Å². The predicted molar refractivity (Wildman–Crippen MR) is 28.3 cm³/mol. The third kappa shape index (κ3) is 1.08. The molecule has 0 aliphatic rings. The quantitative estimate of drug-likeness (QED) is 0.431. The molecule has 10 heavy (non-hydrogen) atoms. The van der Waals surface area contributed by atoms with Crippen LogP contribution in [0.3, 0.4) is 0 Å². The predicted octanol–water partition coefficient (Wildman–Crippen LogP) is -2.28. The molecule has 0 aliphatic heterocycles. The summed E-state index contributed by atoms with van der Waals surface area (Å²) in [5, 5.41) is 20.7. The van der Waals surface area contributed by atoms with E-state index in [1.807, 2.05) is 0 Å². The van der Waals surface area contributed by atoms with E-state index < -0.39 is 12.0 Å². The van der Waals surface area contributed by atoms with E-state index in [-0.39, 0.29) is 5.82 Å². The molecule has 0 radical (unpaired) electrons. The lowest BCUT2D eigenvalue weighted by Gasteiger charge is -1.96. The summed E-state index contributed by atoms with van der Waals surface area (Å²) in [5.41, 5.74) is 4.72. The number of amides is 1. The number of primary amides is 1. The van der Waals surface area contributed by atoms with Gasteiger partial charge in [-0.1, -0.05) is 5.21 Å². The molecule has 0 saturated carbocycles. The van der Waals surface area contributed by atoms with Gasteiger partial charge in [0, 0.05) is 0 Å². The molecule has 1 amide bonds. The van der Waals surface area contributed by atoms with Gasteiger partial charge in [-0.3, -0.25) is 4.79 Å². The molecule has 0 aromatic carbocycles. The first-order valence-corrected chi connectivity index (χ1v) is 2.42. The molecular formula is C3H5N5O2. The minimum absolute atomic E-state index is 0.118. The Hall–Kier alpha value is -1.50. The van der Waals surface area contributed by atoms with Crippen LogP contribution >= 0.6 is 0 Å². The zero-order chi connectivity index (χ0) is 7.56. The summed E-state index contributed by atoms with van der Waals surface area (Å²) in [5.74, 6) is -1.02. The van der Waals surface area contributed by atoms with Crippen LogP contribution in [0.5, 0.6) is 0 Å². The smallest absolute Gasteiger partial charge is 0.254 e. The minimum Gasteiger partial charge on any atom is -0.376 e. The van der Waals surface area contributed by atoms with E-state index in [2.05, 4.69) is 20.6 Å². The number of hydrogen-bond acceptors (Lipinski definition) is 5. The van der Waals surface area contributed by atoms with Crippen molar-refractivity contribution in [1.29, 1.82) is 0 Å². The first kappa shape index (κ1) is 6.62. The van der Waals surface area contributed by atoms with Crippen molar-refractivity contribution < 1.29 is 9.90 Å². The fraction of sp³-hybridized carbons (Fsp3) is 0.333. The molecule has 0 bridgehead atoms. The summed E-state index contributed by atoms with van der Waals surface area (Å²) >= 11 is 0. The number of aromatic amines is 1. The van der Waals surface area contributed by atoms with Crippen LogP contribution in [0.1, 0.15) is 11.9 Å². The molecule has 1 aromatic rings. The molecular weight excluding hydrogens is 138 g/mol. The van der Waals surface area contributed by atoms with Crippen molar-refractivity contribution in [2.45, 2.75) is 6.10 Å². The van der Waals surface area contributed by atoms with Gasteiger partial charge in [0.1, 0.15) is 0 Å². The van der Waals surface area contributed by atoms with Crippen molar-refractivity contribution in [2.24, 2.45) is 5.73 Å². The molecule has 0 saturated heterocycles. The van der Waals surface area contributed by atoms with Crippen LogP contribution in [0.4, 0.5) is 0 Å². The molecule has 1 unspecified atom stereocenters. The molecule has 4 N–H and O–H groups in total. The highest BCUT2D eigenvalue weighted by molar-refractivity contribution is 5.78. The minimum atomic E-state index is -1.47. The van der Waals surface area contributed by atoms with Crippen molar-refractivity contribution >= 4 is 5.91 Å². The number of hydrogen-bond donors (Lipinski definition) is 3. The van der Waals surface area contributed by atoms with Crippen LogP contribution in [-0.2, 0) is 4.79 Å². The number of aliphatic hydroxyl groups excluding tert-OH is 1. The normalized spacial score (nSPS) is 12.9. The molecule has 0 fully saturated rings. The summed E-state index contributed by atoms with van der Waals surface area (Å²) in [4.78, 5) is 10.2. The van der Waals surface area contributed by atoms with Crippen LogP contribution in [0.2, 0.25) is 0 Å². The first-order valence-electron chi connectivity index (χ1n) is 2.42. The Balaban J connectivity index is 2.77. The number of nitrogens with one attached hydrogen (secondary N) is 1. The van der Waals surface area contributed by atoms with Crippen LogP contribution in [0.15, 0.2) is 0 Å². The zero-order valence-corrected chi connectivity index (χ0v) is 4.85. The lowest BCUT2D eigenvalue weighted by Crippen LogP contribution is -2.21. The van der Waals surface area contributed by atoms with Crippen molar-refractivity contribution in [3.05, 3.63) is 5.82 Å².